The van der Waals surface area contributed by atoms with E-state index in [4.69, 9.17) is 0 Å². The van der Waals surface area contributed by atoms with E-state index in [1.807, 2.05) is 24.1 Å². The van der Waals surface area contributed by atoms with Crippen LogP contribution in [0.2, 0.25) is 0 Å². The van der Waals surface area contributed by atoms with Crippen LogP contribution in [0.3, 0.4) is 0 Å². The number of carbonyl (C=O) groups excluding carboxylic acids is 1. The Hall–Kier alpha value is -2.11. The fourth-order valence-electron chi connectivity index (χ4n) is 2.74. The summed E-state index contributed by atoms with van der Waals surface area (Å²) in [7, 11) is 0. The molecule has 1 fully saturated rings. The van der Waals surface area contributed by atoms with Gasteiger partial charge in [0.25, 0.3) is 5.91 Å². The molecule has 3 rings (SSSR count). The number of hydrogen-bond donors (Lipinski definition) is 1. The molecule has 0 unspecified atom stereocenters. The molecule has 1 aliphatic rings. The van der Waals surface area contributed by atoms with E-state index >= 15 is 0 Å². The first kappa shape index (κ1) is 12.9. The van der Waals surface area contributed by atoms with Crippen LogP contribution >= 0.6 is 0 Å². The maximum atomic E-state index is 12.5. The van der Waals surface area contributed by atoms with Gasteiger partial charge in [-0.1, -0.05) is 0 Å². The van der Waals surface area contributed by atoms with Crippen molar-refractivity contribution in [3.63, 3.8) is 0 Å². The molecule has 1 amide bonds. The van der Waals surface area contributed by atoms with E-state index in [0.29, 0.717) is 11.5 Å². The Labute approximate surface area is 117 Å². The van der Waals surface area contributed by atoms with Crippen molar-refractivity contribution in [3.05, 3.63) is 35.9 Å². The summed E-state index contributed by atoms with van der Waals surface area (Å²) in [5, 5.41) is 11.2. The highest BCUT2D eigenvalue weighted by Gasteiger charge is 2.26. The average Bonchev–Trinajstić information content (AvgIpc) is 3.17. The van der Waals surface area contributed by atoms with Gasteiger partial charge in [0.2, 0.25) is 0 Å². The van der Waals surface area contributed by atoms with Crippen LogP contribution in [0.1, 0.15) is 41.7 Å². The Morgan fingerprint density at radius 2 is 2.45 bits per heavy atom. The first-order valence-electron chi connectivity index (χ1n) is 7.09. The molecule has 1 N–H and O–H groups in total. The number of aromatic nitrogens is 4. The second-order valence-electron chi connectivity index (χ2n) is 5.19. The maximum absolute atomic E-state index is 12.5. The minimum atomic E-state index is 0.0777. The quantitative estimate of drug-likeness (QED) is 0.924. The van der Waals surface area contributed by atoms with Gasteiger partial charge in [-0.25, -0.2) is 0 Å². The molecule has 106 valence electrons. The van der Waals surface area contributed by atoms with Gasteiger partial charge in [-0.3, -0.25) is 14.6 Å². The highest BCUT2D eigenvalue weighted by molar-refractivity contribution is 5.93. The number of aromatic amines is 1. The lowest BCUT2D eigenvalue weighted by Crippen LogP contribution is -2.39. The van der Waals surface area contributed by atoms with Crippen LogP contribution < -0.4 is 0 Å². The van der Waals surface area contributed by atoms with E-state index in [1.54, 1.807) is 17.1 Å². The molecule has 0 bridgehead atoms. The van der Waals surface area contributed by atoms with E-state index < -0.39 is 0 Å². The van der Waals surface area contributed by atoms with Crippen LogP contribution in [0.4, 0.5) is 0 Å². The average molecular weight is 273 g/mol. The molecule has 3 heterocycles. The summed E-state index contributed by atoms with van der Waals surface area (Å²) in [5.41, 5.74) is 1.80. The summed E-state index contributed by atoms with van der Waals surface area (Å²) in [6, 6.07) is 1.99. The van der Waals surface area contributed by atoms with E-state index in [1.165, 1.54) is 0 Å². The molecule has 0 spiro atoms. The number of aryl methyl sites for hydroxylation is 1. The molecular weight excluding hydrogens is 254 g/mol. The maximum Gasteiger partial charge on any atom is 0.257 e. The minimum absolute atomic E-state index is 0.0777. The van der Waals surface area contributed by atoms with Gasteiger partial charge in [-0.05, 0) is 25.8 Å². The van der Waals surface area contributed by atoms with Crippen LogP contribution in [-0.2, 0) is 6.54 Å². The summed E-state index contributed by atoms with van der Waals surface area (Å²) in [4.78, 5) is 14.4. The number of H-pyrrole nitrogens is 1. The number of likely N-dealkylation sites (tertiary alicyclic amines) is 1. The number of carbonyl (C=O) groups is 1. The van der Waals surface area contributed by atoms with Gasteiger partial charge in [0.15, 0.2) is 0 Å². The topological polar surface area (TPSA) is 66.8 Å². The molecule has 0 aromatic carbocycles. The Balaban J connectivity index is 1.71. The zero-order valence-corrected chi connectivity index (χ0v) is 11.6. The van der Waals surface area contributed by atoms with Crippen LogP contribution in [0.5, 0.6) is 0 Å². The minimum Gasteiger partial charge on any atom is -0.338 e. The second kappa shape index (κ2) is 5.48. The van der Waals surface area contributed by atoms with Gasteiger partial charge in [0, 0.05) is 43.6 Å². The molecule has 0 radical (unpaired) electrons. The van der Waals surface area contributed by atoms with Crippen LogP contribution in [0, 0.1) is 0 Å². The third kappa shape index (κ3) is 2.45. The smallest absolute Gasteiger partial charge is 0.257 e. The van der Waals surface area contributed by atoms with Crippen molar-refractivity contribution >= 4 is 5.91 Å². The van der Waals surface area contributed by atoms with Gasteiger partial charge in [-0.15, -0.1) is 0 Å². The summed E-state index contributed by atoms with van der Waals surface area (Å²) in [6.07, 6.45) is 7.37. The van der Waals surface area contributed by atoms with Crippen molar-refractivity contribution in [1.82, 2.24) is 24.9 Å². The van der Waals surface area contributed by atoms with Crippen molar-refractivity contribution in [1.29, 1.82) is 0 Å². The lowest BCUT2D eigenvalue weighted by molar-refractivity contribution is 0.0706. The molecular formula is C14H19N5O. The predicted octanol–water partition coefficient (Wildman–Crippen LogP) is 1.65. The fraction of sp³-hybridized carbons (Fsp3) is 0.500. The van der Waals surface area contributed by atoms with Gasteiger partial charge in [0.1, 0.15) is 0 Å². The molecule has 6 nitrogen and oxygen atoms in total. The molecule has 1 aliphatic heterocycles. The van der Waals surface area contributed by atoms with Gasteiger partial charge in [-0.2, -0.15) is 10.2 Å². The standard InChI is InChI=1S/C14H19N5O/c1-2-19-10-12(8-16-19)14(20)18-7-3-4-11(9-18)13-5-6-15-17-13/h5-6,8,10-11H,2-4,7,9H2,1H3,(H,15,17)/t11-/m1/s1. The number of rotatable bonds is 3. The van der Waals surface area contributed by atoms with Gasteiger partial charge in [0.05, 0.1) is 11.8 Å². The molecule has 0 saturated carbocycles. The molecule has 0 aliphatic carbocycles. The summed E-state index contributed by atoms with van der Waals surface area (Å²) in [6.45, 7) is 4.36. The van der Waals surface area contributed by atoms with E-state index in [0.717, 1.165) is 38.2 Å². The molecule has 20 heavy (non-hydrogen) atoms. The van der Waals surface area contributed by atoms with Gasteiger partial charge < -0.3 is 4.90 Å². The summed E-state index contributed by atoms with van der Waals surface area (Å²) < 4.78 is 1.78. The highest BCUT2D eigenvalue weighted by atomic mass is 16.2. The number of nitrogens with one attached hydrogen (secondary N) is 1. The van der Waals surface area contributed by atoms with E-state index in [2.05, 4.69) is 15.3 Å². The molecule has 1 saturated heterocycles. The third-order valence-electron chi connectivity index (χ3n) is 3.87. The van der Waals surface area contributed by atoms with Crippen molar-refractivity contribution in [3.8, 4) is 0 Å². The van der Waals surface area contributed by atoms with Crippen molar-refractivity contribution in [2.24, 2.45) is 0 Å². The third-order valence-corrected chi connectivity index (χ3v) is 3.87. The SMILES string of the molecule is CCn1cc(C(=O)N2CCC[C@@H](c3ccn[nH]3)C2)cn1. The van der Waals surface area contributed by atoms with E-state index in [-0.39, 0.29) is 5.91 Å². The fourth-order valence-corrected chi connectivity index (χ4v) is 2.74. The molecule has 6 heteroatoms. The summed E-state index contributed by atoms with van der Waals surface area (Å²) in [5.74, 6) is 0.435. The zero-order chi connectivity index (χ0) is 13.9. The number of nitrogens with zero attached hydrogens (tertiary/aromatic N) is 4. The number of hydrogen-bond acceptors (Lipinski definition) is 3. The predicted molar refractivity (Wildman–Crippen MR) is 74.4 cm³/mol. The molecule has 2 aromatic heterocycles. The van der Waals surface area contributed by atoms with Crippen LogP contribution in [-0.4, -0.2) is 43.9 Å². The number of piperidine rings is 1. The first-order valence-corrected chi connectivity index (χ1v) is 7.09. The van der Waals surface area contributed by atoms with Gasteiger partial charge >= 0.3 is 0 Å². The highest BCUT2D eigenvalue weighted by Crippen LogP contribution is 2.26. The molecule has 2 aromatic rings. The van der Waals surface area contributed by atoms with Crippen molar-refractivity contribution in [2.45, 2.75) is 32.2 Å². The Morgan fingerprint density at radius 1 is 1.55 bits per heavy atom. The Bertz CT molecular complexity index is 574. The Morgan fingerprint density at radius 3 is 3.15 bits per heavy atom. The van der Waals surface area contributed by atoms with Crippen molar-refractivity contribution in [2.75, 3.05) is 13.1 Å². The second-order valence-corrected chi connectivity index (χ2v) is 5.19. The summed E-state index contributed by atoms with van der Waals surface area (Å²) >= 11 is 0. The lowest BCUT2D eigenvalue weighted by atomic mass is 9.94. The normalized spacial score (nSPS) is 19.2. The monoisotopic (exact) mass is 273 g/mol. The first-order chi connectivity index (χ1) is 9.78. The van der Waals surface area contributed by atoms with E-state index in [9.17, 15) is 4.79 Å². The number of amides is 1. The van der Waals surface area contributed by atoms with Crippen LogP contribution in [0.25, 0.3) is 0 Å². The zero-order valence-electron chi connectivity index (χ0n) is 11.6. The Kier molecular flexibility index (Phi) is 3.54. The lowest BCUT2D eigenvalue weighted by Gasteiger charge is -2.32. The van der Waals surface area contributed by atoms with Crippen molar-refractivity contribution < 1.29 is 4.79 Å². The van der Waals surface area contributed by atoms with Crippen LogP contribution in [0.15, 0.2) is 24.7 Å². The molecule has 1 atom stereocenters. The largest absolute Gasteiger partial charge is 0.338 e.